The van der Waals surface area contributed by atoms with E-state index >= 15 is 0 Å². The van der Waals surface area contributed by atoms with Crippen LogP contribution in [0.2, 0.25) is 0 Å². The smallest absolute Gasteiger partial charge is 0.248 e. The van der Waals surface area contributed by atoms with Gasteiger partial charge in [-0.25, -0.2) is 0 Å². The van der Waals surface area contributed by atoms with E-state index in [1.54, 1.807) is 12.4 Å². The number of anilines is 1. The number of aromatic nitrogens is 3. The van der Waals surface area contributed by atoms with Crippen LogP contribution in [-0.4, -0.2) is 15.2 Å². The predicted octanol–water partition coefficient (Wildman–Crippen LogP) is 2.69. The number of hydrogen-bond acceptors (Lipinski definition) is 5. The Hall–Kier alpha value is -2.69. The summed E-state index contributed by atoms with van der Waals surface area (Å²) in [5.74, 6) is 0.926. The van der Waals surface area contributed by atoms with Gasteiger partial charge in [0, 0.05) is 29.2 Å². The summed E-state index contributed by atoms with van der Waals surface area (Å²) in [5, 5.41) is 8.07. The Morgan fingerprint density at radius 2 is 1.63 bits per heavy atom. The number of pyridine rings is 1. The Bertz CT molecular complexity index is 706. The first kappa shape index (κ1) is 11.4. The molecular formula is C14H12N4O. The maximum atomic E-state index is 5.88. The molecule has 2 aromatic heterocycles. The molecule has 2 heterocycles. The highest BCUT2D eigenvalue weighted by atomic mass is 16.4. The van der Waals surface area contributed by atoms with E-state index in [0.29, 0.717) is 17.5 Å². The van der Waals surface area contributed by atoms with Crippen LogP contribution in [0, 0.1) is 6.92 Å². The molecule has 0 spiro atoms. The van der Waals surface area contributed by atoms with E-state index < -0.39 is 0 Å². The van der Waals surface area contributed by atoms with Gasteiger partial charge in [0.2, 0.25) is 11.8 Å². The second-order valence-corrected chi connectivity index (χ2v) is 4.22. The zero-order valence-electron chi connectivity index (χ0n) is 10.4. The summed E-state index contributed by atoms with van der Waals surface area (Å²) >= 11 is 0. The molecule has 0 fully saturated rings. The van der Waals surface area contributed by atoms with E-state index in [-0.39, 0.29) is 0 Å². The standard InChI is InChI=1S/C14H12N4O/c1-9-2-3-11(8-12(9)15)14-18-17-13(19-14)10-4-6-16-7-5-10/h2-8H,15H2,1H3. The second kappa shape index (κ2) is 4.53. The van der Waals surface area contributed by atoms with Gasteiger partial charge >= 0.3 is 0 Å². The maximum Gasteiger partial charge on any atom is 0.248 e. The molecule has 0 saturated heterocycles. The van der Waals surface area contributed by atoms with Gasteiger partial charge in [0.15, 0.2) is 0 Å². The van der Waals surface area contributed by atoms with Crippen LogP contribution >= 0.6 is 0 Å². The molecule has 0 aliphatic rings. The van der Waals surface area contributed by atoms with Gasteiger partial charge in [0.1, 0.15) is 0 Å². The van der Waals surface area contributed by atoms with Crippen LogP contribution in [0.15, 0.2) is 47.1 Å². The molecule has 5 nitrogen and oxygen atoms in total. The number of aryl methyl sites for hydroxylation is 1. The second-order valence-electron chi connectivity index (χ2n) is 4.22. The van der Waals surface area contributed by atoms with Crippen molar-refractivity contribution in [3.05, 3.63) is 48.3 Å². The van der Waals surface area contributed by atoms with Gasteiger partial charge < -0.3 is 10.2 Å². The maximum absolute atomic E-state index is 5.88. The molecule has 3 aromatic rings. The first-order valence-corrected chi connectivity index (χ1v) is 5.84. The van der Waals surface area contributed by atoms with E-state index in [9.17, 15) is 0 Å². The number of nitrogens with two attached hydrogens (primary N) is 1. The summed E-state index contributed by atoms with van der Waals surface area (Å²) in [6.45, 7) is 1.95. The van der Waals surface area contributed by atoms with Gasteiger partial charge in [-0.15, -0.1) is 10.2 Å². The first-order valence-electron chi connectivity index (χ1n) is 5.84. The van der Waals surface area contributed by atoms with Crippen molar-refractivity contribution in [1.29, 1.82) is 0 Å². The summed E-state index contributed by atoms with van der Waals surface area (Å²) in [6, 6.07) is 9.32. The molecular weight excluding hydrogens is 240 g/mol. The fourth-order valence-electron chi connectivity index (χ4n) is 1.72. The third-order valence-corrected chi connectivity index (χ3v) is 2.88. The van der Waals surface area contributed by atoms with Gasteiger partial charge in [-0.05, 0) is 36.8 Å². The summed E-state index contributed by atoms with van der Waals surface area (Å²) in [5.41, 5.74) is 9.27. The van der Waals surface area contributed by atoms with Crippen LogP contribution in [0.1, 0.15) is 5.56 Å². The normalized spacial score (nSPS) is 10.6. The number of nitrogen functional groups attached to an aromatic ring is 1. The Morgan fingerprint density at radius 1 is 0.947 bits per heavy atom. The minimum absolute atomic E-state index is 0.457. The zero-order chi connectivity index (χ0) is 13.2. The topological polar surface area (TPSA) is 77.8 Å². The van der Waals surface area contributed by atoms with E-state index in [1.165, 1.54) is 0 Å². The number of hydrogen-bond donors (Lipinski definition) is 1. The molecule has 0 amide bonds. The fraction of sp³-hybridized carbons (Fsp3) is 0.0714. The first-order chi connectivity index (χ1) is 9.24. The highest BCUT2D eigenvalue weighted by Gasteiger charge is 2.10. The van der Waals surface area contributed by atoms with Gasteiger partial charge in [-0.2, -0.15) is 0 Å². The molecule has 2 N–H and O–H groups in total. The summed E-state index contributed by atoms with van der Waals surface area (Å²) in [6.07, 6.45) is 3.37. The quantitative estimate of drug-likeness (QED) is 0.709. The van der Waals surface area contributed by atoms with Crippen molar-refractivity contribution in [1.82, 2.24) is 15.2 Å². The van der Waals surface area contributed by atoms with Crippen molar-refractivity contribution < 1.29 is 4.42 Å². The largest absolute Gasteiger partial charge is 0.416 e. The third-order valence-electron chi connectivity index (χ3n) is 2.88. The Balaban J connectivity index is 1.99. The predicted molar refractivity (Wildman–Crippen MR) is 72.1 cm³/mol. The van der Waals surface area contributed by atoms with Gasteiger partial charge in [-0.1, -0.05) is 6.07 Å². The monoisotopic (exact) mass is 252 g/mol. The molecule has 3 rings (SSSR count). The van der Waals surface area contributed by atoms with Gasteiger partial charge in [0.05, 0.1) is 0 Å². The van der Waals surface area contributed by atoms with Crippen LogP contribution in [0.5, 0.6) is 0 Å². The van der Waals surface area contributed by atoms with E-state index in [2.05, 4.69) is 15.2 Å². The Morgan fingerprint density at radius 3 is 2.32 bits per heavy atom. The highest BCUT2D eigenvalue weighted by molar-refractivity contribution is 5.63. The van der Waals surface area contributed by atoms with Crippen LogP contribution in [0.3, 0.4) is 0 Å². The lowest BCUT2D eigenvalue weighted by Gasteiger charge is -2.00. The number of benzene rings is 1. The average molecular weight is 252 g/mol. The summed E-state index contributed by atoms with van der Waals surface area (Å²) in [7, 11) is 0. The van der Waals surface area contributed by atoms with Gasteiger partial charge in [-0.3, -0.25) is 4.98 Å². The SMILES string of the molecule is Cc1ccc(-c2nnc(-c3ccncc3)o2)cc1N. The molecule has 0 radical (unpaired) electrons. The summed E-state index contributed by atoms with van der Waals surface area (Å²) in [4.78, 5) is 3.95. The minimum atomic E-state index is 0.457. The lowest BCUT2D eigenvalue weighted by molar-refractivity contribution is 0.584. The number of nitrogens with zero attached hydrogens (tertiary/aromatic N) is 3. The van der Waals surface area contributed by atoms with Crippen molar-refractivity contribution in [2.45, 2.75) is 6.92 Å². The van der Waals surface area contributed by atoms with E-state index in [0.717, 1.165) is 16.7 Å². The van der Waals surface area contributed by atoms with Crippen molar-refractivity contribution in [2.24, 2.45) is 0 Å². The van der Waals surface area contributed by atoms with Crippen LogP contribution in [-0.2, 0) is 0 Å². The van der Waals surface area contributed by atoms with Crippen LogP contribution in [0.25, 0.3) is 22.9 Å². The third kappa shape index (κ3) is 2.18. The minimum Gasteiger partial charge on any atom is -0.416 e. The average Bonchev–Trinajstić information content (AvgIpc) is 2.93. The lowest BCUT2D eigenvalue weighted by atomic mass is 10.1. The molecule has 0 bridgehead atoms. The van der Waals surface area contributed by atoms with E-state index in [4.69, 9.17) is 10.2 Å². The van der Waals surface area contributed by atoms with Crippen molar-refractivity contribution >= 4 is 5.69 Å². The number of rotatable bonds is 2. The molecule has 0 saturated carbocycles. The zero-order valence-corrected chi connectivity index (χ0v) is 10.4. The Kier molecular flexibility index (Phi) is 2.72. The van der Waals surface area contributed by atoms with Crippen LogP contribution in [0.4, 0.5) is 5.69 Å². The van der Waals surface area contributed by atoms with Crippen molar-refractivity contribution in [3.63, 3.8) is 0 Å². The fourth-order valence-corrected chi connectivity index (χ4v) is 1.72. The van der Waals surface area contributed by atoms with Crippen molar-refractivity contribution in [3.8, 4) is 22.9 Å². The Labute approximate surface area is 110 Å². The molecule has 19 heavy (non-hydrogen) atoms. The van der Waals surface area contributed by atoms with Gasteiger partial charge in [0.25, 0.3) is 0 Å². The highest BCUT2D eigenvalue weighted by Crippen LogP contribution is 2.25. The molecule has 94 valence electrons. The van der Waals surface area contributed by atoms with E-state index in [1.807, 2.05) is 37.3 Å². The molecule has 5 heteroatoms. The summed E-state index contributed by atoms with van der Waals surface area (Å²) < 4.78 is 5.65. The lowest BCUT2D eigenvalue weighted by Crippen LogP contribution is -1.89. The van der Waals surface area contributed by atoms with Crippen LogP contribution < -0.4 is 5.73 Å². The molecule has 1 aromatic carbocycles. The molecule has 0 aliphatic heterocycles. The molecule has 0 unspecified atom stereocenters. The molecule has 0 aliphatic carbocycles. The molecule has 0 atom stereocenters. The van der Waals surface area contributed by atoms with Crippen molar-refractivity contribution in [2.75, 3.05) is 5.73 Å².